The van der Waals surface area contributed by atoms with Crippen molar-refractivity contribution in [3.05, 3.63) is 40.9 Å². The minimum absolute atomic E-state index is 0.0519. The molecule has 1 heterocycles. The Morgan fingerprint density at radius 3 is 2.69 bits per heavy atom. The van der Waals surface area contributed by atoms with E-state index in [1.165, 1.54) is 11.3 Å². The quantitative estimate of drug-likeness (QED) is 0.886. The molecule has 1 aromatic heterocycles. The predicted molar refractivity (Wildman–Crippen MR) is 63.6 cm³/mol. The van der Waals surface area contributed by atoms with E-state index in [-0.39, 0.29) is 6.42 Å². The van der Waals surface area contributed by atoms with Gasteiger partial charge in [0.05, 0.1) is 12.1 Å². The van der Waals surface area contributed by atoms with Crippen molar-refractivity contribution >= 4 is 17.3 Å². The molecule has 0 radical (unpaired) electrons. The highest BCUT2D eigenvalue weighted by Gasteiger charge is 2.11. The fourth-order valence-corrected chi connectivity index (χ4v) is 2.49. The molecule has 0 saturated heterocycles. The van der Waals surface area contributed by atoms with Gasteiger partial charge in [0.25, 0.3) is 0 Å². The highest BCUT2D eigenvalue weighted by Crippen LogP contribution is 2.27. The van der Waals surface area contributed by atoms with Crippen LogP contribution in [0.1, 0.15) is 10.6 Å². The number of carboxylic acid groups (broad SMARTS) is 1. The number of hydrogen-bond donors (Lipinski definition) is 1. The molecule has 0 amide bonds. The van der Waals surface area contributed by atoms with E-state index in [1.807, 2.05) is 37.3 Å². The Morgan fingerprint density at radius 1 is 1.38 bits per heavy atom. The zero-order chi connectivity index (χ0) is 11.5. The van der Waals surface area contributed by atoms with Crippen LogP contribution in [0.4, 0.5) is 0 Å². The van der Waals surface area contributed by atoms with E-state index in [4.69, 9.17) is 5.11 Å². The van der Waals surface area contributed by atoms with Gasteiger partial charge in [-0.2, -0.15) is 0 Å². The van der Waals surface area contributed by atoms with E-state index < -0.39 is 5.97 Å². The topological polar surface area (TPSA) is 50.2 Å². The van der Waals surface area contributed by atoms with Gasteiger partial charge in [0.2, 0.25) is 0 Å². The van der Waals surface area contributed by atoms with Gasteiger partial charge in [0.15, 0.2) is 0 Å². The Morgan fingerprint density at radius 2 is 2.06 bits per heavy atom. The number of aromatic nitrogens is 1. The maximum absolute atomic E-state index is 10.6. The van der Waals surface area contributed by atoms with Crippen molar-refractivity contribution in [2.45, 2.75) is 13.3 Å². The Balaban J connectivity index is 2.34. The number of aryl methyl sites for hydroxylation is 1. The summed E-state index contributed by atoms with van der Waals surface area (Å²) in [5.41, 5.74) is 1.85. The normalized spacial score (nSPS) is 10.3. The van der Waals surface area contributed by atoms with Crippen molar-refractivity contribution in [1.29, 1.82) is 0 Å². The number of aliphatic carboxylic acids is 1. The number of thiazole rings is 1. The van der Waals surface area contributed by atoms with Gasteiger partial charge in [-0.15, -0.1) is 11.3 Å². The molecule has 2 rings (SSSR count). The monoisotopic (exact) mass is 233 g/mol. The smallest absolute Gasteiger partial charge is 0.308 e. The first-order valence-corrected chi connectivity index (χ1v) is 5.72. The van der Waals surface area contributed by atoms with Crippen LogP contribution >= 0.6 is 11.3 Å². The van der Waals surface area contributed by atoms with Gasteiger partial charge in [-0.05, 0) is 6.92 Å². The molecule has 0 saturated carbocycles. The van der Waals surface area contributed by atoms with Crippen LogP contribution in [-0.2, 0) is 11.2 Å². The SMILES string of the molecule is Cc1nc(-c2ccccc2)sc1CC(=O)O. The molecule has 0 bridgehead atoms. The predicted octanol–water partition coefficient (Wildman–Crippen LogP) is 2.75. The average molecular weight is 233 g/mol. The van der Waals surface area contributed by atoms with Gasteiger partial charge >= 0.3 is 5.97 Å². The van der Waals surface area contributed by atoms with Crippen molar-refractivity contribution in [3.63, 3.8) is 0 Å². The second kappa shape index (κ2) is 4.45. The fourth-order valence-electron chi connectivity index (χ4n) is 1.43. The number of hydrogen-bond acceptors (Lipinski definition) is 3. The lowest BCUT2D eigenvalue weighted by Gasteiger charge is -1.92. The van der Waals surface area contributed by atoms with E-state index in [2.05, 4.69) is 4.98 Å². The second-order valence-electron chi connectivity index (χ2n) is 3.46. The lowest BCUT2D eigenvalue weighted by atomic mass is 10.2. The Labute approximate surface area is 97.4 Å². The molecule has 1 aromatic carbocycles. The fraction of sp³-hybridized carbons (Fsp3) is 0.167. The Kier molecular flexibility index (Phi) is 3.01. The third-order valence-electron chi connectivity index (χ3n) is 2.23. The van der Waals surface area contributed by atoms with Crippen LogP contribution in [0.2, 0.25) is 0 Å². The minimum atomic E-state index is -0.814. The van der Waals surface area contributed by atoms with Crippen molar-refractivity contribution in [2.24, 2.45) is 0 Å². The van der Waals surface area contributed by atoms with E-state index in [9.17, 15) is 4.79 Å². The number of benzene rings is 1. The summed E-state index contributed by atoms with van der Waals surface area (Å²) >= 11 is 1.45. The molecule has 16 heavy (non-hydrogen) atoms. The third-order valence-corrected chi connectivity index (χ3v) is 3.43. The maximum Gasteiger partial charge on any atom is 0.308 e. The summed E-state index contributed by atoms with van der Waals surface area (Å²) in [7, 11) is 0. The van der Waals surface area contributed by atoms with Crippen LogP contribution in [0.15, 0.2) is 30.3 Å². The summed E-state index contributed by atoms with van der Waals surface area (Å²) in [6.45, 7) is 1.85. The van der Waals surface area contributed by atoms with Crippen molar-refractivity contribution in [1.82, 2.24) is 4.98 Å². The highest BCUT2D eigenvalue weighted by atomic mass is 32.1. The molecule has 2 aromatic rings. The van der Waals surface area contributed by atoms with Crippen molar-refractivity contribution in [3.8, 4) is 10.6 Å². The zero-order valence-corrected chi connectivity index (χ0v) is 9.62. The van der Waals surface area contributed by atoms with E-state index in [1.54, 1.807) is 0 Å². The molecule has 0 spiro atoms. The van der Waals surface area contributed by atoms with Crippen LogP contribution in [0, 0.1) is 6.92 Å². The number of nitrogens with zero attached hydrogens (tertiary/aromatic N) is 1. The van der Waals surface area contributed by atoms with E-state index in [0.717, 1.165) is 21.1 Å². The molecule has 0 aliphatic carbocycles. The largest absolute Gasteiger partial charge is 0.481 e. The molecule has 82 valence electrons. The summed E-state index contributed by atoms with van der Waals surface area (Å²) in [6, 6.07) is 9.79. The van der Waals surface area contributed by atoms with Crippen LogP contribution in [0.5, 0.6) is 0 Å². The lowest BCUT2D eigenvalue weighted by molar-refractivity contribution is -0.136. The standard InChI is InChI=1S/C12H11NO2S/c1-8-10(7-11(14)15)16-12(13-8)9-5-3-2-4-6-9/h2-6H,7H2,1H3,(H,14,15). The second-order valence-corrected chi connectivity index (χ2v) is 4.55. The lowest BCUT2D eigenvalue weighted by Crippen LogP contribution is -1.99. The highest BCUT2D eigenvalue weighted by molar-refractivity contribution is 7.15. The van der Waals surface area contributed by atoms with Crippen molar-refractivity contribution < 1.29 is 9.90 Å². The molecule has 0 atom stereocenters. The van der Waals surface area contributed by atoms with Gasteiger partial charge in [-0.3, -0.25) is 4.79 Å². The minimum Gasteiger partial charge on any atom is -0.481 e. The molecular weight excluding hydrogens is 222 g/mol. The van der Waals surface area contributed by atoms with E-state index >= 15 is 0 Å². The van der Waals surface area contributed by atoms with Crippen LogP contribution in [0.3, 0.4) is 0 Å². The van der Waals surface area contributed by atoms with Gasteiger partial charge in [0.1, 0.15) is 5.01 Å². The molecule has 0 unspecified atom stereocenters. The summed E-state index contributed by atoms with van der Waals surface area (Å²) in [6.07, 6.45) is 0.0519. The molecular formula is C12H11NO2S. The van der Waals surface area contributed by atoms with Gasteiger partial charge in [-0.25, -0.2) is 4.98 Å². The van der Waals surface area contributed by atoms with Gasteiger partial charge < -0.3 is 5.11 Å². The average Bonchev–Trinajstić information content (AvgIpc) is 2.61. The molecule has 0 aliphatic rings. The molecule has 3 nitrogen and oxygen atoms in total. The number of carbonyl (C=O) groups is 1. The van der Waals surface area contributed by atoms with Crippen LogP contribution in [-0.4, -0.2) is 16.1 Å². The van der Waals surface area contributed by atoms with Crippen LogP contribution in [0.25, 0.3) is 10.6 Å². The van der Waals surface area contributed by atoms with Crippen LogP contribution < -0.4 is 0 Å². The Bertz CT molecular complexity index is 505. The summed E-state index contributed by atoms with van der Waals surface area (Å²) in [5.74, 6) is -0.814. The first kappa shape index (κ1) is 10.8. The molecule has 4 heteroatoms. The summed E-state index contributed by atoms with van der Waals surface area (Å²) in [4.78, 5) is 15.9. The molecule has 0 aliphatic heterocycles. The van der Waals surface area contributed by atoms with Gasteiger partial charge in [-0.1, -0.05) is 30.3 Å². The summed E-state index contributed by atoms with van der Waals surface area (Å²) < 4.78 is 0. The number of rotatable bonds is 3. The van der Waals surface area contributed by atoms with E-state index in [0.29, 0.717) is 0 Å². The zero-order valence-electron chi connectivity index (χ0n) is 8.80. The molecule has 1 N–H and O–H groups in total. The molecule has 0 fully saturated rings. The maximum atomic E-state index is 10.6. The first-order chi connectivity index (χ1) is 7.66. The number of carboxylic acids is 1. The Hall–Kier alpha value is -1.68. The van der Waals surface area contributed by atoms with Crippen molar-refractivity contribution in [2.75, 3.05) is 0 Å². The first-order valence-electron chi connectivity index (χ1n) is 4.90. The summed E-state index contributed by atoms with van der Waals surface area (Å²) in [5, 5.41) is 9.63. The van der Waals surface area contributed by atoms with Gasteiger partial charge in [0, 0.05) is 10.4 Å². The third kappa shape index (κ3) is 2.28.